The lowest BCUT2D eigenvalue weighted by molar-refractivity contribution is 0.00361. The zero-order valence-corrected chi connectivity index (χ0v) is 16.3. The van der Waals surface area contributed by atoms with Crippen LogP contribution in [-0.2, 0) is 9.47 Å². The van der Waals surface area contributed by atoms with Gasteiger partial charge in [-0.2, -0.15) is 0 Å². The third-order valence-corrected chi connectivity index (χ3v) is 4.31. The van der Waals surface area contributed by atoms with Crippen LogP contribution in [-0.4, -0.2) is 48.9 Å². The van der Waals surface area contributed by atoms with Gasteiger partial charge >= 0.3 is 12.1 Å². The van der Waals surface area contributed by atoms with Crippen molar-refractivity contribution in [3.05, 3.63) is 29.3 Å². The lowest BCUT2D eigenvalue weighted by atomic mass is 10.0. The molecule has 6 heteroatoms. The molecule has 144 valence electrons. The molecule has 0 N–H and O–H groups in total. The molecule has 1 aliphatic rings. The number of aryl methyl sites for hydroxylation is 1. The molecule has 0 saturated carbocycles. The van der Waals surface area contributed by atoms with Crippen molar-refractivity contribution in [3.8, 4) is 5.75 Å². The number of rotatable bonds is 4. The minimum Gasteiger partial charge on any atom is -0.491 e. The highest BCUT2D eigenvalue weighted by atomic mass is 16.6. The Hall–Kier alpha value is -2.24. The van der Waals surface area contributed by atoms with Crippen LogP contribution in [0.3, 0.4) is 0 Å². The molecule has 1 atom stereocenters. The van der Waals surface area contributed by atoms with Gasteiger partial charge in [0.25, 0.3) is 0 Å². The third-order valence-electron chi connectivity index (χ3n) is 4.31. The average molecular weight is 363 g/mol. The maximum atomic E-state index is 12.4. The van der Waals surface area contributed by atoms with Crippen molar-refractivity contribution in [1.29, 1.82) is 0 Å². The number of benzene rings is 1. The third kappa shape index (κ3) is 5.38. The van der Waals surface area contributed by atoms with E-state index >= 15 is 0 Å². The number of likely N-dealkylation sites (tertiary alicyclic amines) is 1. The lowest BCUT2D eigenvalue weighted by Crippen LogP contribution is -2.48. The Morgan fingerprint density at radius 3 is 2.62 bits per heavy atom. The molecule has 1 fully saturated rings. The molecule has 1 heterocycles. The quantitative estimate of drug-likeness (QED) is 0.758. The van der Waals surface area contributed by atoms with Gasteiger partial charge in [-0.25, -0.2) is 9.59 Å². The van der Waals surface area contributed by atoms with E-state index in [9.17, 15) is 9.59 Å². The first kappa shape index (κ1) is 20.1. The van der Waals surface area contributed by atoms with Crippen LogP contribution in [0.5, 0.6) is 5.75 Å². The fourth-order valence-electron chi connectivity index (χ4n) is 2.95. The molecule has 0 unspecified atom stereocenters. The van der Waals surface area contributed by atoms with Gasteiger partial charge in [0, 0.05) is 6.54 Å². The van der Waals surface area contributed by atoms with Crippen LogP contribution in [0.2, 0.25) is 0 Å². The maximum absolute atomic E-state index is 12.4. The Labute approximate surface area is 155 Å². The molecular weight excluding hydrogens is 334 g/mol. The number of ether oxygens (including phenoxy) is 3. The molecule has 0 bridgehead atoms. The minimum atomic E-state index is -0.522. The summed E-state index contributed by atoms with van der Waals surface area (Å²) in [7, 11) is 1.36. The fourth-order valence-corrected chi connectivity index (χ4v) is 2.95. The van der Waals surface area contributed by atoms with Gasteiger partial charge in [-0.05, 0) is 64.7 Å². The van der Waals surface area contributed by atoms with Crippen LogP contribution in [0.15, 0.2) is 18.2 Å². The number of methoxy groups -OCH3 is 1. The van der Waals surface area contributed by atoms with E-state index in [0.29, 0.717) is 24.5 Å². The first-order valence-electron chi connectivity index (χ1n) is 9.02. The Morgan fingerprint density at radius 2 is 1.96 bits per heavy atom. The molecular formula is C20H29NO5. The average Bonchev–Trinajstić information content (AvgIpc) is 2.59. The van der Waals surface area contributed by atoms with Gasteiger partial charge in [-0.3, -0.25) is 0 Å². The molecule has 26 heavy (non-hydrogen) atoms. The second kappa shape index (κ2) is 8.43. The number of esters is 1. The summed E-state index contributed by atoms with van der Waals surface area (Å²) >= 11 is 0. The van der Waals surface area contributed by atoms with Crippen LogP contribution in [0.25, 0.3) is 0 Å². The van der Waals surface area contributed by atoms with Gasteiger partial charge in [0.2, 0.25) is 0 Å². The van der Waals surface area contributed by atoms with Crippen molar-refractivity contribution in [3.63, 3.8) is 0 Å². The highest BCUT2D eigenvalue weighted by Gasteiger charge is 2.31. The van der Waals surface area contributed by atoms with E-state index in [1.807, 2.05) is 39.8 Å². The van der Waals surface area contributed by atoms with Gasteiger partial charge in [-0.1, -0.05) is 6.07 Å². The summed E-state index contributed by atoms with van der Waals surface area (Å²) in [4.78, 5) is 26.0. The molecule has 1 aromatic carbocycles. The summed E-state index contributed by atoms with van der Waals surface area (Å²) in [6, 6.07) is 5.29. The van der Waals surface area contributed by atoms with Crippen molar-refractivity contribution in [1.82, 2.24) is 4.90 Å². The van der Waals surface area contributed by atoms with Gasteiger partial charge in [0.1, 0.15) is 18.0 Å². The number of hydrogen-bond donors (Lipinski definition) is 0. The summed E-state index contributed by atoms with van der Waals surface area (Å²) < 4.78 is 16.2. The smallest absolute Gasteiger partial charge is 0.410 e. The molecule has 6 nitrogen and oxygen atoms in total. The predicted molar refractivity (Wildman–Crippen MR) is 98.6 cm³/mol. The monoisotopic (exact) mass is 363 g/mol. The summed E-state index contributed by atoms with van der Waals surface area (Å²) in [5.74, 6) is 0.201. The summed E-state index contributed by atoms with van der Waals surface area (Å²) in [6.45, 7) is 8.47. The van der Waals surface area contributed by atoms with E-state index in [0.717, 1.165) is 24.8 Å². The Kier molecular flexibility index (Phi) is 6.51. The molecule has 1 aliphatic heterocycles. The molecule has 1 amide bonds. The topological polar surface area (TPSA) is 65.1 Å². The van der Waals surface area contributed by atoms with Crippen molar-refractivity contribution >= 4 is 12.1 Å². The number of piperidine rings is 1. The minimum absolute atomic E-state index is 0.0403. The van der Waals surface area contributed by atoms with Crippen LogP contribution in [0.4, 0.5) is 4.79 Å². The molecule has 1 saturated heterocycles. The number of carbonyl (C=O) groups excluding carboxylic acids is 2. The highest BCUT2D eigenvalue weighted by Crippen LogP contribution is 2.23. The van der Waals surface area contributed by atoms with Crippen LogP contribution in [0, 0.1) is 6.92 Å². The first-order chi connectivity index (χ1) is 12.2. The predicted octanol–water partition coefficient (Wildman–Crippen LogP) is 3.95. The standard InChI is InChI=1S/C20H29NO5/c1-14-9-10-16(12-17(14)18(22)24-5)25-13-15-8-6-7-11-21(15)19(23)26-20(2,3)4/h9-10,12,15H,6-8,11,13H2,1-5H3/t15-/m0/s1. The van der Waals surface area contributed by atoms with Gasteiger partial charge < -0.3 is 19.1 Å². The first-order valence-corrected chi connectivity index (χ1v) is 9.02. The van der Waals surface area contributed by atoms with Crippen molar-refractivity contribution < 1.29 is 23.8 Å². The molecule has 0 radical (unpaired) electrons. The largest absolute Gasteiger partial charge is 0.491 e. The number of hydrogen-bond acceptors (Lipinski definition) is 5. The van der Waals surface area contributed by atoms with E-state index in [1.165, 1.54) is 7.11 Å². The Balaban J connectivity index is 2.04. The van der Waals surface area contributed by atoms with Crippen LogP contribution >= 0.6 is 0 Å². The second-order valence-electron chi connectivity index (χ2n) is 7.60. The van der Waals surface area contributed by atoms with Crippen molar-refractivity contribution in [2.75, 3.05) is 20.3 Å². The molecule has 1 aromatic rings. The fraction of sp³-hybridized carbons (Fsp3) is 0.600. The van der Waals surface area contributed by atoms with E-state index < -0.39 is 5.60 Å². The summed E-state index contributed by atoms with van der Waals surface area (Å²) in [6.07, 6.45) is 2.58. The van der Waals surface area contributed by atoms with Gasteiger partial charge in [0.05, 0.1) is 18.7 Å². The lowest BCUT2D eigenvalue weighted by Gasteiger charge is -2.36. The second-order valence-corrected chi connectivity index (χ2v) is 7.60. The highest BCUT2D eigenvalue weighted by molar-refractivity contribution is 5.91. The molecule has 0 spiro atoms. The number of amides is 1. The Morgan fingerprint density at radius 1 is 1.23 bits per heavy atom. The van der Waals surface area contributed by atoms with Crippen molar-refractivity contribution in [2.24, 2.45) is 0 Å². The van der Waals surface area contributed by atoms with Gasteiger partial charge in [-0.15, -0.1) is 0 Å². The molecule has 2 rings (SSSR count). The van der Waals surface area contributed by atoms with Crippen LogP contribution in [0.1, 0.15) is 56.0 Å². The molecule has 0 aliphatic carbocycles. The Bertz CT molecular complexity index is 650. The van der Waals surface area contributed by atoms with E-state index in [4.69, 9.17) is 14.2 Å². The summed E-state index contributed by atoms with van der Waals surface area (Å²) in [5, 5.41) is 0. The number of carbonyl (C=O) groups is 2. The van der Waals surface area contributed by atoms with E-state index in [1.54, 1.807) is 11.0 Å². The SMILES string of the molecule is COC(=O)c1cc(OC[C@@H]2CCCCN2C(=O)OC(C)(C)C)ccc1C. The number of nitrogens with zero attached hydrogens (tertiary/aromatic N) is 1. The van der Waals surface area contributed by atoms with Crippen LogP contribution < -0.4 is 4.74 Å². The summed E-state index contributed by atoms with van der Waals surface area (Å²) in [5.41, 5.74) is 0.793. The normalized spacial score (nSPS) is 17.6. The van der Waals surface area contributed by atoms with Gasteiger partial charge in [0.15, 0.2) is 0 Å². The zero-order chi connectivity index (χ0) is 19.3. The van der Waals surface area contributed by atoms with Crippen molar-refractivity contribution in [2.45, 2.75) is 58.6 Å². The van der Waals surface area contributed by atoms with E-state index in [2.05, 4.69) is 0 Å². The zero-order valence-electron chi connectivity index (χ0n) is 16.3. The molecule has 0 aromatic heterocycles. The maximum Gasteiger partial charge on any atom is 0.410 e. The van der Waals surface area contributed by atoms with E-state index in [-0.39, 0.29) is 18.1 Å².